The standard InChI is InChI=1S/C24H34Br2Si/c1-3-5-7-9-19-27(20-10-8-6-4-2,23-15-11-21(25)12-16-23)24-17-13-22(26)14-18-24/h11-18H,3-10,19-20H2,1-2H3. The quantitative estimate of drug-likeness (QED) is 0.201. The van der Waals surface area contributed by atoms with Crippen molar-refractivity contribution in [2.24, 2.45) is 0 Å². The first-order chi connectivity index (χ1) is 13.1. The third-order valence-electron chi connectivity index (χ3n) is 5.71. The Morgan fingerprint density at radius 2 is 0.926 bits per heavy atom. The highest BCUT2D eigenvalue weighted by molar-refractivity contribution is 9.10. The van der Waals surface area contributed by atoms with Crippen molar-refractivity contribution in [1.82, 2.24) is 0 Å². The molecule has 2 aromatic carbocycles. The fourth-order valence-electron chi connectivity index (χ4n) is 4.11. The second kappa shape index (κ2) is 12.2. The molecule has 148 valence electrons. The molecule has 0 atom stereocenters. The lowest BCUT2D eigenvalue weighted by molar-refractivity contribution is 0.684. The molecule has 0 aromatic heterocycles. The van der Waals surface area contributed by atoms with E-state index in [9.17, 15) is 0 Å². The minimum Gasteiger partial charge on any atom is -0.0654 e. The van der Waals surface area contributed by atoms with Gasteiger partial charge in [0.1, 0.15) is 8.07 Å². The monoisotopic (exact) mass is 508 g/mol. The molecule has 2 aromatic rings. The van der Waals surface area contributed by atoms with E-state index >= 15 is 0 Å². The molecular weight excluding hydrogens is 476 g/mol. The lowest BCUT2D eigenvalue weighted by Gasteiger charge is -2.34. The van der Waals surface area contributed by atoms with Crippen LogP contribution in [0.3, 0.4) is 0 Å². The van der Waals surface area contributed by atoms with Crippen LogP contribution < -0.4 is 10.4 Å². The zero-order chi connectivity index (χ0) is 19.5. The Hall–Kier alpha value is -0.383. The van der Waals surface area contributed by atoms with Crippen LogP contribution in [0.5, 0.6) is 0 Å². The molecule has 2 rings (SSSR count). The van der Waals surface area contributed by atoms with Crippen LogP contribution in [0.1, 0.15) is 65.2 Å². The normalized spacial score (nSPS) is 11.7. The van der Waals surface area contributed by atoms with Crippen molar-refractivity contribution in [2.45, 2.75) is 77.3 Å². The van der Waals surface area contributed by atoms with Gasteiger partial charge in [0.05, 0.1) is 0 Å². The predicted molar refractivity (Wildman–Crippen MR) is 131 cm³/mol. The molecule has 0 spiro atoms. The van der Waals surface area contributed by atoms with E-state index in [-0.39, 0.29) is 0 Å². The number of benzene rings is 2. The summed E-state index contributed by atoms with van der Waals surface area (Å²) < 4.78 is 2.36. The van der Waals surface area contributed by atoms with Gasteiger partial charge < -0.3 is 0 Å². The summed E-state index contributed by atoms with van der Waals surface area (Å²) in [4.78, 5) is 0. The van der Waals surface area contributed by atoms with E-state index in [1.54, 1.807) is 10.4 Å². The van der Waals surface area contributed by atoms with Crippen LogP contribution in [0.4, 0.5) is 0 Å². The first-order valence-corrected chi connectivity index (χ1v) is 14.6. The second-order valence-corrected chi connectivity index (χ2v) is 13.9. The van der Waals surface area contributed by atoms with E-state index in [0.29, 0.717) is 0 Å². The van der Waals surface area contributed by atoms with Crippen LogP contribution >= 0.6 is 31.9 Å². The van der Waals surface area contributed by atoms with Gasteiger partial charge in [-0.3, -0.25) is 0 Å². The maximum Gasteiger partial charge on any atom is 0.118 e. The maximum absolute atomic E-state index is 3.63. The third-order valence-corrected chi connectivity index (χ3v) is 12.1. The molecule has 0 nitrogen and oxygen atoms in total. The minimum absolute atomic E-state index is 1.18. The molecular formula is C24H34Br2Si. The maximum atomic E-state index is 3.63. The van der Waals surface area contributed by atoms with E-state index in [0.717, 1.165) is 0 Å². The molecule has 0 aliphatic carbocycles. The summed E-state index contributed by atoms with van der Waals surface area (Å²) in [6, 6.07) is 21.3. The van der Waals surface area contributed by atoms with E-state index < -0.39 is 8.07 Å². The van der Waals surface area contributed by atoms with Crippen molar-refractivity contribution in [1.29, 1.82) is 0 Å². The number of hydrogen-bond acceptors (Lipinski definition) is 0. The van der Waals surface area contributed by atoms with Crippen LogP contribution in [0.15, 0.2) is 57.5 Å². The van der Waals surface area contributed by atoms with Gasteiger partial charge in [-0.2, -0.15) is 0 Å². The summed E-state index contributed by atoms with van der Waals surface area (Å²) >= 11 is 7.27. The molecule has 0 aliphatic heterocycles. The van der Waals surface area contributed by atoms with E-state index in [2.05, 4.69) is 94.2 Å². The number of halogens is 2. The molecule has 0 saturated heterocycles. The smallest absolute Gasteiger partial charge is 0.0654 e. The summed E-state index contributed by atoms with van der Waals surface area (Å²) in [7, 11) is -1.74. The second-order valence-electron chi connectivity index (χ2n) is 7.72. The molecule has 0 unspecified atom stereocenters. The summed E-state index contributed by atoms with van der Waals surface area (Å²) in [6.07, 6.45) is 10.8. The molecule has 0 radical (unpaired) electrons. The Labute approximate surface area is 184 Å². The molecule has 0 bridgehead atoms. The number of unbranched alkanes of at least 4 members (excludes halogenated alkanes) is 6. The SMILES string of the molecule is CCCCCC[Si](CCCCCC)(c1ccc(Br)cc1)c1ccc(Br)cc1. The van der Waals surface area contributed by atoms with Gasteiger partial charge in [0, 0.05) is 8.95 Å². The molecule has 0 heterocycles. The first-order valence-electron chi connectivity index (χ1n) is 10.6. The van der Waals surface area contributed by atoms with Gasteiger partial charge in [-0.1, -0.05) is 132 Å². The van der Waals surface area contributed by atoms with Gasteiger partial charge in [-0.15, -0.1) is 0 Å². The number of hydrogen-bond donors (Lipinski definition) is 0. The van der Waals surface area contributed by atoms with Crippen LogP contribution in [0, 0.1) is 0 Å². The lowest BCUT2D eigenvalue weighted by atomic mass is 10.2. The summed E-state index contributed by atoms with van der Waals surface area (Å²) in [5.74, 6) is 0. The average Bonchev–Trinajstić information content (AvgIpc) is 2.68. The molecule has 0 fully saturated rings. The highest BCUT2D eigenvalue weighted by Gasteiger charge is 2.36. The van der Waals surface area contributed by atoms with Crippen molar-refractivity contribution >= 4 is 50.3 Å². The lowest BCUT2D eigenvalue weighted by Crippen LogP contribution is -2.58. The molecule has 0 saturated carbocycles. The Bertz CT molecular complexity index is 590. The Balaban J connectivity index is 2.38. The topological polar surface area (TPSA) is 0 Å². The zero-order valence-electron chi connectivity index (χ0n) is 16.9. The van der Waals surface area contributed by atoms with Gasteiger partial charge in [0.15, 0.2) is 0 Å². The van der Waals surface area contributed by atoms with Gasteiger partial charge >= 0.3 is 0 Å². The van der Waals surface area contributed by atoms with Crippen LogP contribution in [0.2, 0.25) is 12.1 Å². The molecule has 3 heteroatoms. The highest BCUT2D eigenvalue weighted by Crippen LogP contribution is 2.25. The van der Waals surface area contributed by atoms with Crippen molar-refractivity contribution in [3.63, 3.8) is 0 Å². The summed E-state index contributed by atoms with van der Waals surface area (Å²) in [5, 5.41) is 3.22. The molecule has 0 N–H and O–H groups in total. The summed E-state index contributed by atoms with van der Waals surface area (Å²) in [5.41, 5.74) is 0. The van der Waals surface area contributed by atoms with Gasteiger partial charge in [0.2, 0.25) is 0 Å². The van der Waals surface area contributed by atoms with Crippen molar-refractivity contribution in [2.75, 3.05) is 0 Å². The van der Waals surface area contributed by atoms with E-state index in [1.165, 1.54) is 72.4 Å². The van der Waals surface area contributed by atoms with Crippen LogP contribution in [-0.2, 0) is 0 Å². The Kier molecular flexibility index (Phi) is 10.4. The van der Waals surface area contributed by atoms with Gasteiger partial charge in [-0.25, -0.2) is 0 Å². The highest BCUT2D eigenvalue weighted by atomic mass is 79.9. The zero-order valence-corrected chi connectivity index (χ0v) is 21.1. The molecule has 0 amide bonds. The number of rotatable bonds is 12. The molecule has 0 aliphatic rings. The third kappa shape index (κ3) is 6.87. The van der Waals surface area contributed by atoms with Crippen LogP contribution in [0.25, 0.3) is 0 Å². The van der Waals surface area contributed by atoms with Gasteiger partial charge in [-0.05, 0) is 36.4 Å². The fourth-order valence-corrected chi connectivity index (χ4v) is 9.70. The fraction of sp³-hybridized carbons (Fsp3) is 0.500. The first kappa shape index (κ1) is 22.9. The van der Waals surface area contributed by atoms with Gasteiger partial charge in [0.25, 0.3) is 0 Å². The Morgan fingerprint density at radius 1 is 0.556 bits per heavy atom. The Morgan fingerprint density at radius 3 is 1.26 bits per heavy atom. The molecule has 27 heavy (non-hydrogen) atoms. The predicted octanol–water partition coefficient (Wildman–Crippen LogP) is 7.94. The average molecular weight is 510 g/mol. The van der Waals surface area contributed by atoms with Crippen molar-refractivity contribution < 1.29 is 0 Å². The van der Waals surface area contributed by atoms with E-state index in [1.807, 2.05) is 0 Å². The van der Waals surface area contributed by atoms with Crippen molar-refractivity contribution in [3.05, 3.63) is 57.5 Å². The van der Waals surface area contributed by atoms with Crippen LogP contribution in [-0.4, -0.2) is 8.07 Å². The minimum atomic E-state index is -1.74. The van der Waals surface area contributed by atoms with Crippen molar-refractivity contribution in [3.8, 4) is 0 Å². The van der Waals surface area contributed by atoms with E-state index in [4.69, 9.17) is 0 Å². The summed E-state index contributed by atoms with van der Waals surface area (Å²) in [6.45, 7) is 4.61. The largest absolute Gasteiger partial charge is 0.118 e.